The van der Waals surface area contributed by atoms with E-state index >= 15 is 0 Å². The second-order valence-electron chi connectivity index (χ2n) is 5.27. The Morgan fingerprint density at radius 2 is 1.85 bits per heavy atom. The van der Waals surface area contributed by atoms with Gasteiger partial charge in [-0.05, 0) is 39.8 Å². The standard InChI is InChI=1S/C13H19ClNO4P/c1-10(12(16)18-13(2,3)4)15-20(14,17)19-11-8-6-5-7-9-11/h5-10H,1-4H3,(H,15,17). The molecule has 0 heterocycles. The van der Waals surface area contributed by atoms with E-state index in [1.807, 2.05) is 0 Å². The number of hydrogen-bond donors (Lipinski definition) is 1. The molecule has 0 amide bonds. The Morgan fingerprint density at radius 3 is 2.35 bits per heavy atom. The van der Waals surface area contributed by atoms with Gasteiger partial charge in [-0.15, -0.1) is 0 Å². The lowest BCUT2D eigenvalue weighted by molar-refractivity contribution is -0.156. The van der Waals surface area contributed by atoms with E-state index < -0.39 is 24.5 Å². The summed E-state index contributed by atoms with van der Waals surface area (Å²) in [6.45, 7) is 3.09. The number of benzene rings is 1. The summed E-state index contributed by atoms with van der Waals surface area (Å²) >= 11 is 5.80. The molecule has 2 unspecified atom stereocenters. The van der Waals surface area contributed by atoms with Gasteiger partial charge in [0, 0.05) is 11.2 Å². The van der Waals surface area contributed by atoms with Crippen molar-refractivity contribution in [2.24, 2.45) is 0 Å². The Hall–Kier alpha value is -1.03. The topological polar surface area (TPSA) is 64.6 Å². The highest BCUT2D eigenvalue weighted by Gasteiger charge is 2.30. The zero-order valence-electron chi connectivity index (χ0n) is 11.9. The van der Waals surface area contributed by atoms with Gasteiger partial charge in [0.15, 0.2) is 0 Å². The maximum Gasteiger partial charge on any atom is 0.409 e. The van der Waals surface area contributed by atoms with Crippen LogP contribution in [-0.4, -0.2) is 17.6 Å². The van der Waals surface area contributed by atoms with Crippen molar-refractivity contribution in [2.45, 2.75) is 39.3 Å². The van der Waals surface area contributed by atoms with Crippen LogP contribution >= 0.6 is 18.1 Å². The molecule has 1 aromatic rings. The first kappa shape index (κ1) is 17.0. The molecule has 20 heavy (non-hydrogen) atoms. The first-order valence-electron chi connectivity index (χ1n) is 6.14. The molecule has 0 saturated heterocycles. The number of para-hydroxylation sites is 1. The maximum atomic E-state index is 12.1. The first-order chi connectivity index (χ1) is 9.09. The van der Waals surface area contributed by atoms with Crippen LogP contribution in [0, 0.1) is 0 Å². The van der Waals surface area contributed by atoms with Crippen molar-refractivity contribution in [3.05, 3.63) is 30.3 Å². The molecule has 1 rings (SSSR count). The third kappa shape index (κ3) is 6.42. The highest BCUT2D eigenvalue weighted by molar-refractivity contribution is 7.84. The normalized spacial score (nSPS) is 16.1. The lowest BCUT2D eigenvalue weighted by Gasteiger charge is -2.23. The number of halogens is 1. The van der Waals surface area contributed by atoms with Crippen LogP contribution in [0.3, 0.4) is 0 Å². The minimum absolute atomic E-state index is 0.356. The predicted octanol–water partition coefficient (Wildman–Crippen LogP) is 3.73. The van der Waals surface area contributed by atoms with Crippen molar-refractivity contribution in [3.63, 3.8) is 0 Å². The average molecular weight is 320 g/mol. The second kappa shape index (κ2) is 6.61. The molecule has 112 valence electrons. The summed E-state index contributed by atoms with van der Waals surface area (Å²) in [7, 11) is 0. The Balaban J connectivity index is 2.62. The summed E-state index contributed by atoms with van der Waals surface area (Å²) in [4.78, 5) is 11.8. The van der Waals surface area contributed by atoms with E-state index in [9.17, 15) is 9.36 Å². The Morgan fingerprint density at radius 1 is 1.30 bits per heavy atom. The summed E-state index contributed by atoms with van der Waals surface area (Å²) in [5, 5.41) is 2.45. The van der Waals surface area contributed by atoms with E-state index in [0.717, 1.165) is 0 Å². The van der Waals surface area contributed by atoms with Gasteiger partial charge in [0.25, 0.3) is 0 Å². The Bertz CT molecular complexity index is 501. The lowest BCUT2D eigenvalue weighted by Crippen LogP contribution is -2.37. The van der Waals surface area contributed by atoms with Crippen LogP contribution in [0.4, 0.5) is 0 Å². The minimum atomic E-state index is -3.67. The lowest BCUT2D eigenvalue weighted by atomic mass is 10.2. The molecular weight excluding hydrogens is 301 g/mol. The van der Waals surface area contributed by atoms with E-state index in [2.05, 4.69) is 5.09 Å². The molecule has 7 heteroatoms. The van der Waals surface area contributed by atoms with Gasteiger partial charge in [-0.25, -0.2) is 9.65 Å². The molecular formula is C13H19ClNO4P. The highest BCUT2D eigenvalue weighted by atomic mass is 35.7. The van der Waals surface area contributed by atoms with Crippen LogP contribution in [0.25, 0.3) is 0 Å². The van der Waals surface area contributed by atoms with Crippen molar-refractivity contribution < 1.29 is 18.6 Å². The summed E-state index contributed by atoms with van der Waals surface area (Å²) in [5.41, 5.74) is -0.621. The fourth-order valence-corrected chi connectivity index (χ4v) is 3.01. The van der Waals surface area contributed by atoms with Crippen LogP contribution in [0.2, 0.25) is 0 Å². The average Bonchev–Trinajstić information content (AvgIpc) is 2.26. The first-order valence-corrected chi connectivity index (χ1v) is 8.67. The van der Waals surface area contributed by atoms with Crippen molar-refractivity contribution in [3.8, 4) is 5.75 Å². The highest BCUT2D eigenvalue weighted by Crippen LogP contribution is 2.48. The molecule has 0 aliphatic carbocycles. The third-order valence-corrected chi connectivity index (χ3v) is 3.72. The second-order valence-corrected chi connectivity index (χ2v) is 8.00. The summed E-state index contributed by atoms with van der Waals surface area (Å²) in [6.07, 6.45) is 0. The van der Waals surface area contributed by atoms with Gasteiger partial charge in [-0.1, -0.05) is 18.2 Å². The molecule has 5 nitrogen and oxygen atoms in total. The van der Waals surface area contributed by atoms with Gasteiger partial charge in [0.1, 0.15) is 17.4 Å². The molecule has 0 fully saturated rings. The molecule has 0 aliphatic rings. The quantitative estimate of drug-likeness (QED) is 0.661. The van der Waals surface area contributed by atoms with E-state index in [1.165, 1.54) is 6.92 Å². The van der Waals surface area contributed by atoms with Gasteiger partial charge in [0.2, 0.25) is 0 Å². The van der Waals surface area contributed by atoms with Crippen molar-refractivity contribution in [2.75, 3.05) is 0 Å². The van der Waals surface area contributed by atoms with Crippen molar-refractivity contribution in [1.29, 1.82) is 0 Å². The summed E-state index contributed by atoms with van der Waals surface area (Å²) in [6, 6.07) is 7.64. The van der Waals surface area contributed by atoms with E-state index in [-0.39, 0.29) is 0 Å². The molecule has 0 spiro atoms. The molecule has 1 aromatic carbocycles. The van der Waals surface area contributed by atoms with Crippen LogP contribution in [0.1, 0.15) is 27.7 Å². The van der Waals surface area contributed by atoms with E-state index in [1.54, 1.807) is 51.1 Å². The molecule has 0 radical (unpaired) electrons. The number of carbonyl (C=O) groups excluding carboxylic acids is 1. The summed E-state index contributed by atoms with van der Waals surface area (Å²) in [5.74, 6) is -0.190. The van der Waals surface area contributed by atoms with Gasteiger partial charge >= 0.3 is 12.8 Å². The molecule has 0 aromatic heterocycles. The number of nitrogens with one attached hydrogen (secondary N) is 1. The van der Waals surface area contributed by atoms with Crippen molar-refractivity contribution >= 4 is 24.1 Å². The monoisotopic (exact) mass is 319 g/mol. The predicted molar refractivity (Wildman–Crippen MR) is 79.0 cm³/mol. The third-order valence-electron chi connectivity index (χ3n) is 2.07. The molecule has 0 aliphatic heterocycles. The number of rotatable bonds is 5. The zero-order valence-corrected chi connectivity index (χ0v) is 13.6. The number of esters is 1. The Labute approximate surface area is 123 Å². The van der Waals surface area contributed by atoms with Gasteiger partial charge in [-0.3, -0.25) is 4.79 Å². The minimum Gasteiger partial charge on any atom is -0.459 e. The maximum absolute atomic E-state index is 12.1. The molecule has 1 N–H and O–H groups in total. The zero-order chi connectivity index (χ0) is 15.4. The van der Waals surface area contributed by atoms with E-state index in [4.69, 9.17) is 20.5 Å². The van der Waals surface area contributed by atoms with Crippen LogP contribution in [0.5, 0.6) is 5.75 Å². The van der Waals surface area contributed by atoms with Crippen LogP contribution in [-0.2, 0) is 14.1 Å². The SMILES string of the molecule is CC(NP(=O)(Cl)Oc1ccccc1)C(=O)OC(C)(C)C. The van der Waals surface area contributed by atoms with Gasteiger partial charge in [-0.2, -0.15) is 0 Å². The number of carbonyl (C=O) groups is 1. The molecule has 2 atom stereocenters. The smallest absolute Gasteiger partial charge is 0.409 e. The van der Waals surface area contributed by atoms with Crippen LogP contribution in [0.15, 0.2) is 30.3 Å². The molecule has 0 bridgehead atoms. The Kier molecular flexibility index (Phi) is 5.63. The fraction of sp³-hybridized carbons (Fsp3) is 0.462. The van der Waals surface area contributed by atoms with Gasteiger partial charge in [0.05, 0.1) is 0 Å². The van der Waals surface area contributed by atoms with Gasteiger partial charge < -0.3 is 9.26 Å². The number of ether oxygens (including phenoxy) is 1. The number of hydrogen-bond acceptors (Lipinski definition) is 4. The summed E-state index contributed by atoms with van der Waals surface area (Å²) < 4.78 is 22.4. The molecule has 0 saturated carbocycles. The largest absolute Gasteiger partial charge is 0.459 e. The van der Waals surface area contributed by atoms with Crippen molar-refractivity contribution in [1.82, 2.24) is 5.09 Å². The van der Waals surface area contributed by atoms with E-state index in [0.29, 0.717) is 5.75 Å². The van der Waals surface area contributed by atoms with Crippen LogP contribution < -0.4 is 9.61 Å². The fourth-order valence-electron chi connectivity index (χ4n) is 1.32.